The highest BCUT2D eigenvalue weighted by molar-refractivity contribution is 14.1. The molecule has 3 heteroatoms. The average molecular weight is 294 g/mol. The molecule has 0 spiro atoms. The molecule has 0 aromatic carbocycles. The molecule has 2 nitrogen and oxygen atoms in total. The van der Waals surface area contributed by atoms with Crippen molar-refractivity contribution in [2.24, 2.45) is 11.8 Å². The minimum atomic E-state index is -0.394. The molecule has 0 amide bonds. The number of rotatable bonds is 1. The van der Waals surface area contributed by atoms with Crippen molar-refractivity contribution in [1.29, 1.82) is 0 Å². The molecule has 74 valence electrons. The van der Waals surface area contributed by atoms with E-state index >= 15 is 0 Å². The summed E-state index contributed by atoms with van der Waals surface area (Å²) in [5, 5.41) is 0. The van der Waals surface area contributed by atoms with E-state index in [4.69, 9.17) is 0 Å². The quantitative estimate of drug-likeness (QED) is 0.321. The number of fused-ring (bicyclic) bond motifs is 1. The highest BCUT2D eigenvalue weighted by atomic mass is 127. The molecule has 2 rings (SSSR count). The van der Waals surface area contributed by atoms with Crippen molar-refractivity contribution in [2.45, 2.75) is 23.2 Å². The second-order valence-corrected chi connectivity index (χ2v) is 5.08. The lowest BCUT2D eigenvalue weighted by molar-refractivity contribution is -0.134. The Kier molecular flexibility index (Phi) is 4.22. The van der Waals surface area contributed by atoms with Gasteiger partial charge in [-0.25, -0.2) is 4.79 Å². The molecule has 13 heavy (non-hydrogen) atoms. The third-order valence-corrected chi connectivity index (χ3v) is 4.27. The average Bonchev–Trinajstić information content (AvgIpc) is 2.13. The van der Waals surface area contributed by atoms with Gasteiger partial charge >= 0.3 is 5.97 Å². The van der Waals surface area contributed by atoms with E-state index < -0.39 is 5.97 Å². The summed E-state index contributed by atoms with van der Waals surface area (Å²) >= 11 is 2.59. The van der Waals surface area contributed by atoms with Gasteiger partial charge in [-0.05, 0) is 31.1 Å². The van der Waals surface area contributed by atoms with E-state index in [1.165, 1.54) is 31.8 Å². The Morgan fingerprint density at radius 2 is 2.31 bits per heavy atom. The van der Waals surface area contributed by atoms with E-state index in [-0.39, 0.29) is 0 Å². The van der Waals surface area contributed by atoms with Gasteiger partial charge in [-0.15, -0.1) is 0 Å². The Morgan fingerprint density at radius 1 is 1.62 bits per heavy atom. The van der Waals surface area contributed by atoms with Gasteiger partial charge in [-0.3, -0.25) is 0 Å². The molecule has 2 saturated carbocycles. The van der Waals surface area contributed by atoms with Crippen molar-refractivity contribution in [2.75, 3.05) is 7.11 Å². The first-order valence-corrected chi connectivity index (χ1v) is 5.78. The smallest absolute Gasteiger partial charge is 0.329 e. The number of alkyl halides is 1. The fourth-order valence-corrected chi connectivity index (χ4v) is 3.32. The van der Waals surface area contributed by atoms with Gasteiger partial charge < -0.3 is 4.74 Å². The number of halogens is 1. The van der Waals surface area contributed by atoms with Crippen LogP contribution >= 0.6 is 22.6 Å². The summed E-state index contributed by atoms with van der Waals surface area (Å²) in [6, 6.07) is 0. The van der Waals surface area contributed by atoms with Crippen LogP contribution in [0, 0.1) is 11.8 Å². The van der Waals surface area contributed by atoms with Crippen LogP contribution in [0.5, 0.6) is 0 Å². The topological polar surface area (TPSA) is 26.3 Å². The van der Waals surface area contributed by atoms with Gasteiger partial charge in [-0.1, -0.05) is 29.2 Å². The third-order valence-electron chi connectivity index (χ3n) is 2.84. The summed E-state index contributed by atoms with van der Waals surface area (Å²) in [6.07, 6.45) is 5.73. The number of carbonyl (C=O) groups excluding carboxylic acids is 1. The normalized spacial score (nSPS) is 33.8. The fraction of sp³-hybridized carbons (Fsp3) is 0.700. The summed E-state index contributed by atoms with van der Waals surface area (Å²) < 4.78 is 5.21. The molecule has 2 aliphatic carbocycles. The maximum atomic E-state index is 9.84. The third kappa shape index (κ3) is 2.69. The molecule has 0 N–H and O–H groups in total. The van der Waals surface area contributed by atoms with Crippen LogP contribution in [0.2, 0.25) is 0 Å². The van der Waals surface area contributed by atoms with Gasteiger partial charge in [0, 0.05) is 10.0 Å². The SMILES string of the molecule is C=CC(=O)OC.IC1CC2CCC12. The van der Waals surface area contributed by atoms with E-state index in [0.29, 0.717) is 0 Å². The van der Waals surface area contributed by atoms with Crippen molar-refractivity contribution in [3.8, 4) is 0 Å². The predicted octanol–water partition coefficient (Wildman–Crippen LogP) is 2.57. The Bertz CT molecular complexity index is 199. The first-order valence-electron chi connectivity index (χ1n) is 4.53. The predicted molar refractivity (Wildman–Crippen MR) is 60.9 cm³/mol. The van der Waals surface area contributed by atoms with Crippen LogP contribution in [-0.4, -0.2) is 17.0 Å². The van der Waals surface area contributed by atoms with Crippen LogP contribution < -0.4 is 0 Å². The molecule has 0 saturated heterocycles. The van der Waals surface area contributed by atoms with Crippen molar-refractivity contribution in [3.63, 3.8) is 0 Å². The van der Waals surface area contributed by atoms with Gasteiger partial charge in [-0.2, -0.15) is 0 Å². The van der Waals surface area contributed by atoms with Gasteiger partial charge in [0.2, 0.25) is 0 Å². The molecule has 0 aliphatic heterocycles. The largest absolute Gasteiger partial charge is 0.466 e. The van der Waals surface area contributed by atoms with Crippen LogP contribution in [-0.2, 0) is 9.53 Å². The Labute approximate surface area is 92.9 Å². The zero-order valence-corrected chi connectivity index (χ0v) is 9.99. The van der Waals surface area contributed by atoms with Gasteiger partial charge in [0.1, 0.15) is 0 Å². The summed E-state index contributed by atoms with van der Waals surface area (Å²) in [4.78, 5) is 9.84. The Hall–Kier alpha value is -0.0600. The zero-order chi connectivity index (χ0) is 9.84. The first kappa shape index (κ1) is 11.0. The zero-order valence-electron chi connectivity index (χ0n) is 7.83. The number of hydrogen-bond acceptors (Lipinski definition) is 2. The molecule has 0 radical (unpaired) electrons. The molecule has 2 aliphatic rings. The summed E-state index contributed by atoms with van der Waals surface area (Å²) in [7, 11) is 1.31. The molecular formula is C10H15IO2. The summed E-state index contributed by atoms with van der Waals surface area (Å²) in [5.41, 5.74) is 0. The number of esters is 1. The van der Waals surface area contributed by atoms with Crippen LogP contribution in [0.4, 0.5) is 0 Å². The van der Waals surface area contributed by atoms with Gasteiger partial charge in [0.15, 0.2) is 0 Å². The number of ether oxygens (including phenoxy) is 1. The van der Waals surface area contributed by atoms with E-state index in [0.717, 1.165) is 10.0 Å². The molecule has 0 bridgehead atoms. The highest BCUT2D eigenvalue weighted by Crippen LogP contribution is 2.53. The number of carbonyl (C=O) groups is 1. The Morgan fingerprint density at radius 3 is 2.31 bits per heavy atom. The minimum Gasteiger partial charge on any atom is -0.466 e. The molecule has 0 aromatic rings. The standard InChI is InChI=1S/C6H9I.C4H6O2/c7-6-3-4-1-2-5(4)6;1-3-4(5)6-2/h4-6H,1-3H2;3H,1H2,2H3. The molecule has 2 fully saturated rings. The van der Waals surface area contributed by atoms with E-state index in [1.807, 2.05) is 0 Å². The highest BCUT2D eigenvalue weighted by Gasteiger charge is 2.45. The molecular weight excluding hydrogens is 279 g/mol. The van der Waals surface area contributed by atoms with E-state index in [1.54, 1.807) is 6.42 Å². The van der Waals surface area contributed by atoms with Crippen LogP contribution in [0.1, 0.15) is 19.3 Å². The molecule has 0 heterocycles. The lowest BCUT2D eigenvalue weighted by Crippen LogP contribution is -2.44. The first-order chi connectivity index (χ1) is 6.19. The minimum absolute atomic E-state index is 0.394. The Balaban J connectivity index is 0.000000133. The maximum Gasteiger partial charge on any atom is 0.329 e. The van der Waals surface area contributed by atoms with Gasteiger partial charge in [0.05, 0.1) is 7.11 Å². The number of hydrogen-bond donors (Lipinski definition) is 0. The van der Waals surface area contributed by atoms with Crippen molar-refractivity contribution in [1.82, 2.24) is 0 Å². The van der Waals surface area contributed by atoms with Gasteiger partial charge in [0.25, 0.3) is 0 Å². The summed E-state index contributed by atoms with van der Waals surface area (Å²) in [5.74, 6) is 1.96. The monoisotopic (exact) mass is 294 g/mol. The fourth-order valence-electron chi connectivity index (χ4n) is 1.72. The lowest BCUT2D eigenvalue weighted by Gasteiger charge is -2.50. The number of methoxy groups -OCH3 is 1. The second-order valence-electron chi connectivity index (χ2n) is 3.48. The van der Waals surface area contributed by atoms with Crippen LogP contribution in [0.15, 0.2) is 12.7 Å². The van der Waals surface area contributed by atoms with Crippen molar-refractivity contribution in [3.05, 3.63) is 12.7 Å². The lowest BCUT2D eigenvalue weighted by atomic mass is 9.60. The van der Waals surface area contributed by atoms with Crippen LogP contribution in [0.25, 0.3) is 0 Å². The van der Waals surface area contributed by atoms with Crippen molar-refractivity contribution < 1.29 is 9.53 Å². The second kappa shape index (κ2) is 4.98. The summed E-state index contributed by atoms with van der Waals surface area (Å²) in [6.45, 7) is 3.16. The molecule has 3 unspecified atom stereocenters. The van der Waals surface area contributed by atoms with Crippen LogP contribution in [0.3, 0.4) is 0 Å². The molecule has 3 atom stereocenters. The molecule has 0 aromatic heterocycles. The van der Waals surface area contributed by atoms with Crippen molar-refractivity contribution >= 4 is 28.6 Å². The van der Waals surface area contributed by atoms with E-state index in [9.17, 15) is 4.79 Å². The van der Waals surface area contributed by atoms with E-state index in [2.05, 4.69) is 33.9 Å². The maximum absolute atomic E-state index is 9.84.